The standard InChI is InChI=1S/C19H26N2O3/c22-18(5-6-19(23)21-13-17-2-1-11-24-17)16-4-3-14-7-9-20-10-8-15(14)12-16/h3-4,12,17,20H,1-2,5-11,13H2,(H,21,23). The van der Waals surface area contributed by atoms with Gasteiger partial charge in [-0.05, 0) is 56.0 Å². The van der Waals surface area contributed by atoms with Crippen LogP contribution in [0.25, 0.3) is 0 Å². The van der Waals surface area contributed by atoms with Gasteiger partial charge in [-0.15, -0.1) is 0 Å². The van der Waals surface area contributed by atoms with Gasteiger partial charge in [0.25, 0.3) is 0 Å². The van der Waals surface area contributed by atoms with Gasteiger partial charge in [-0.2, -0.15) is 0 Å². The maximum Gasteiger partial charge on any atom is 0.220 e. The molecule has 2 heterocycles. The first-order valence-corrected chi connectivity index (χ1v) is 8.96. The number of ketones is 1. The van der Waals surface area contributed by atoms with Crippen LogP contribution in [0.4, 0.5) is 0 Å². The average Bonchev–Trinajstić information content (AvgIpc) is 3.01. The molecule has 0 aromatic heterocycles. The first-order valence-electron chi connectivity index (χ1n) is 8.96. The summed E-state index contributed by atoms with van der Waals surface area (Å²) in [4.78, 5) is 24.2. The third-order valence-electron chi connectivity index (χ3n) is 4.80. The highest BCUT2D eigenvalue weighted by Crippen LogP contribution is 2.17. The summed E-state index contributed by atoms with van der Waals surface area (Å²) in [6.45, 7) is 3.28. The number of rotatable bonds is 6. The lowest BCUT2D eigenvalue weighted by Gasteiger charge is -2.11. The molecular weight excluding hydrogens is 304 g/mol. The Kier molecular flexibility index (Phi) is 5.99. The van der Waals surface area contributed by atoms with Gasteiger partial charge in [-0.25, -0.2) is 0 Å². The van der Waals surface area contributed by atoms with E-state index in [0.29, 0.717) is 6.54 Å². The van der Waals surface area contributed by atoms with Crippen LogP contribution in [0.2, 0.25) is 0 Å². The Balaban J connectivity index is 1.47. The molecule has 1 atom stereocenters. The number of nitrogens with one attached hydrogen (secondary N) is 2. The lowest BCUT2D eigenvalue weighted by atomic mass is 9.97. The second-order valence-electron chi connectivity index (χ2n) is 6.60. The number of fused-ring (bicyclic) bond motifs is 1. The van der Waals surface area contributed by atoms with Crippen LogP contribution >= 0.6 is 0 Å². The van der Waals surface area contributed by atoms with Gasteiger partial charge >= 0.3 is 0 Å². The number of amides is 1. The molecule has 2 N–H and O–H groups in total. The molecule has 0 radical (unpaired) electrons. The highest BCUT2D eigenvalue weighted by molar-refractivity contribution is 5.98. The molecule has 5 nitrogen and oxygen atoms in total. The van der Waals surface area contributed by atoms with Gasteiger partial charge < -0.3 is 15.4 Å². The van der Waals surface area contributed by atoms with Crippen LogP contribution in [0, 0.1) is 0 Å². The van der Waals surface area contributed by atoms with Crippen LogP contribution in [-0.2, 0) is 22.4 Å². The van der Waals surface area contributed by atoms with Crippen LogP contribution in [-0.4, -0.2) is 44.0 Å². The molecule has 1 amide bonds. The monoisotopic (exact) mass is 330 g/mol. The number of carbonyl (C=O) groups excluding carboxylic acids is 2. The highest BCUT2D eigenvalue weighted by Gasteiger charge is 2.17. The number of carbonyl (C=O) groups is 2. The third kappa shape index (κ3) is 4.65. The summed E-state index contributed by atoms with van der Waals surface area (Å²) >= 11 is 0. The first kappa shape index (κ1) is 17.1. The lowest BCUT2D eigenvalue weighted by molar-refractivity contribution is -0.121. The van der Waals surface area contributed by atoms with E-state index < -0.39 is 0 Å². The summed E-state index contributed by atoms with van der Waals surface area (Å²) in [5.41, 5.74) is 3.31. The molecule has 1 aromatic carbocycles. The van der Waals surface area contributed by atoms with E-state index in [1.807, 2.05) is 12.1 Å². The van der Waals surface area contributed by atoms with Crippen molar-refractivity contribution in [2.75, 3.05) is 26.2 Å². The Labute approximate surface area is 143 Å². The molecule has 2 aliphatic heterocycles. The molecule has 1 saturated heterocycles. The molecule has 1 fully saturated rings. The van der Waals surface area contributed by atoms with Crippen molar-refractivity contribution in [2.24, 2.45) is 0 Å². The topological polar surface area (TPSA) is 67.4 Å². The largest absolute Gasteiger partial charge is 0.376 e. The summed E-state index contributed by atoms with van der Waals surface area (Å²) in [7, 11) is 0. The molecule has 3 rings (SSSR count). The zero-order valence-corrected chi connectivity index (χ0v) is 14.1. The average molecular weight is 330 g/mol. The van der Waals surface area contributed by atoms with E-state index in [0.717, 1.165) is 50.9 Å². The van der Waals surface area contributed by atoms with E-state index in [1.165, 1.54) is 11.1 Å². The lowest BCUT2D eigenvalue weighted by Crippen LogP contribution is -2.31. The van der Waals surface area contributed by atoms with Gasteiger partial charge in [0.2, 0.25) is 5.91 Å². The Hall–Kier alpha value is -1.72. The Morgan fingerprint density at radius 3 is 2.79 bits per heavy atom. The molecule has 0 bridgehead atoms. The van der Waals surface area contributed by atoms with E-state index in [4.69, 9.17) is 4.74 Å². The molecule has 0 spiro atoms. The minimum atomic E-state index is -0.0715. The van der Waals surface area contributed by atoms with Gasteiger partial charge in [-0.3, -0.25) is 9.59 Å². The Morgan fingerprint density at radius 1 is 1.17 bits per heavy atom. The van der Waals surface area contributed by atoms with E-state index >= 15 is 0 Å². The van der Waals surface area contributed by atoms with E-state index in [9.17, 15) is 9.59 Å². The minimum absolute atomic E-state index is 0.0438. The fourth-order valence-corrected chi connectivity index (χ4v) is 3.34. The van der Waals surface area contributed by atoms with Crippen LogP contribution in [0.15, 0.2) is 18.2 Å². The summed E-state index contributed by atoms with van der Waals surface area (Å²) in [6, 6.07) is 5.97. The minimum Gasteiger partial charge on any atom is -0.376 e. The molecule has 1 aromatic rings. The molecular formula is C19H26N2O3. The van der Waals surface area contributed by atoms with Gasteiger partial charge in [0.15, 0.2) is 5.78 Å². The molecule has 130 valence electrons. The number of hydrogen-bond acceptors (Lipinski definition) is 4. The molecule has 2 aliphatic rings. The van der Waals surface area contributed by atoms with Gasteiger partial charge in [0.1, 0.15) is 0 Å². The van der Waals surface area contributed by atoms with E-state index in [2.05, 4.69) is 16.7 Å². The number of benzene rings is 1. The van der Waals surface area contributed by atoms with Crippen LogP contribution < -0.4 is 10.6 Å². The smallest absolute Gasteiger partial charge is 0.220 e. The first-order chi connectivity index (χ1) is 11.7. The van der Waals surface area contributed by atoms with Gasteiger partial charge in [-0.1, -0.05) is 12.1 Å². The second kappa shape index (κ2) is 8.40. The molecule has 24 heavy (non-hydrogen) atoms. The van der Waals surface area contributed by atoms with Gasteiger partial charge in [0.05, 0.1) is 6.10 Å². The van der Waals surface area contributed by atoms with Crippen LogP contribution in [0.1, 0.15) is 47.2 Å². The quantitative estimate of drug-likeness (QED) is 0.778. The van der Waals surface area contributed by atoms with E-state index in [-0.39, 0.29) is 30.6 Å². The Morgan fingerprint density at radius 2 is 2.00 bits per heavy atom. The summed E-state index contributed by atoms with van der Waals surface area (Å²) in [6.07, 6.45) is 4.67. The van der Waals surface area contributed by atoms with Crippen molar-refractivity contribution in [3.8, 4) is 0 Å². The molecule has 0 aliphatic carbocycles. The van der Waals surface area contributed by atoms with Gasteiger partial charge in [0, 0.05) is 31.6 Å². The SMILES string of the molecule is O=C(CCC(=O)c1ccc2c(c1)CCNCC2)NCC1CCCO1. The van der Waals surface area contributed by atoms with Crippen molar-refractivity contribution < 1.29 is 14.3 Å². The zero-order valence-electron chi connectivity index (χ0n) is 14.1. The summed E-state index contributed by atoms with van der Waals surface area (Å²) in [5, 5.41) is 6.24. The van der Waals surface area contributed by atoms with Crippen LogP contribution in [0.5, 0.6) is 0 Å². The van der Waals surface area contributed by atoms with Crippen molar-refractivity contribution in [1.82, 2.24) is 10.6 Å². The number of hydrogen-bond donors (Lipinski definition) is 2. The van der Waals surface area contributed by atoms with Crippen molar-refractivity contribution in [3.05, 3.63) is 34.9 Å². The fourth-order valence-electron chi connectivity index (χ4n) is 3.34. The third-order valence-corrected chi connectivity index (χ3v) is 4.80. The second-order valence-corrected chi connectivity index (χ2v) is 6.60. The van der Waals surface area contributed by atoms with Crippen molar-refractivity contribution >= 4 is 11.7 Å². The van der Waals surface area contributed by atoms with Crippen molar-refractivity contribution in [3.63, 3.8) is 0 Å². The van der Waals surface area contributed by atoms with Crippen molar-refractivity contribution in [1.29, 1.82) is 0 Å². The normalized spacial score (nSPS) is 20.2. The predicted octanol–water partition coefficient (Wildman–Crippen LogP) is 1.63. The van der Waals surface area contributed by atoms with E-state index in [1.54, 1.807) is 0 Å². The molecule has 1 unspecified atom stereocenters. The maximum absolute atomic E-state index is 12.4. The summed E-state index contributed by atoms with van der Waals surface area (Å²) < 4.78 is 5.47. The summed E-state index contributed by atoms with van der Waals surface area (Å²) in [5.74, 6) is -0.0277. The fraction of sp³-hybridized carbons (Fsp3) is 0.579. The molecule has 0 saturated carbocycles. The maximum atomic E-state index is 12.4. The number of Topliss-reactive ketones (excluding diaryl/α,β-unsaturated/α-hetero) is 1. The Bertz CT molecular complexity index is 594. The zero-order chi connectivity index (χ0) is 16.8. The predicted molar refractivity (Wildman–Crippen MR) is 92.3 cm³/mol. The van der Waals surface area contributed by atoms with Crippen molar-refractivity contribution in [2.45, 2.75) is 44.6 Å². The number of ether oxygens (including phenoxy) is 1. The highest BCUT2D eigenvalue weighted by atomic mass is 16.5. The molecule has 5 heteroatoms. The van der Waals surface area contributed by atoms with Crippen LogP contribution in [0.3, 0.4) is 0 Å².